The van der Waals surface area contributed by atoms with Crippen LogP contribution in [0.1, 0.15) is 23.1 Å². The second kappa shape index (κ2) is 8.11. The molecule has 0 saturated carbocycles. The van der Waals surface area contributed by atoms with Crippen LogP contribution in [0.2, 0.25) is 0 Å². The van der Waals surface area contributed by atoms with E-state index in [0.717, 1.165) is 33.0 Å². The number of aliphatic hydroxyl groups is 3. The summed E-state index contributed by atoms with van der Waals surface area (Å²) < 4.78 is 5.81. The van der Waals surface area contributed by atoms with Crippen molar-refractivity contribution in [1.29, 1.82) is 0 Å². The highest BCUT2D eigenvalue weighted by Crippen LogP contribution is 2.34. The molecular formula is C22H23NO4S. The van der Waals surface area contributed by atoms with E-state index in [1.165, 1.54) is 0 Å². The summed E-state index contributed by atoms with van der Waals surface area (Å²) in [6, 6.07) is 15.9. The van der Waals surface area contributed by atoms with Crippen LogP contribution in [-0.4, -0.2) is 45.2 Å². The Labute approximate surface area is 167 Å². The fraction of sp³-hybridized carbons (Fsp3) is 0.318. The zero-order chi connectivity index (χ0) is 19.7. The number of thiazole rings is 1. The molecule has 3 N–H and O–H groups in total. The summed E-state index contributed by atoms with van der Waals surface area (Å²) in [6.45, 7) is 1.81. The monoisotopic (exact) mass is 397 g/mol. The van der Waals surface area contributed by atoms with Crippen LogP contribution in [0.25, 0.3) is 22.4 Å². The highest BCUT2D eigenvalue weighted by molar-refractivity contribution is 7.09. The molecule has 1 aromatic heterocycles. The van der Waals surface area contributed by atoms with Gasteiger partial charge in [0.15, 0.2) is 0 Å². The normalized spacial score (nSPS) is 25.0. The summed E-state index contributed by atoms with van der Waals surface area (Å²) in [5.41, 5.74) is 4.87. The summed E-state index contributed by atoms with van der Waals surface area (Å²) in [5.74, 6) is 0. The van der Waals surface area contributed by atoms with E-state index in [9.17, 15) is 15.3 Å². The van der Waals surface area contributed by atoms with Gasteiger partial charge in [-0.3, -0.25) is 0 Å². The molecule has 1 aliphatic heterocycles. The lowest BCUT2D eigenvalue weighted by atomic mass is 9.91. The van der Waals surface area contributed by atoms with Gasteiger partial charge >= 0.3 is 0 Å². The van der Waals surface area contributed by atoms with Crippen LogP contribution in [0, 0.1) is 6.92 Å². The lowest BCUT2D eigenvalue weighted by Crippen LogP contribution is -2.44. The van der Waals surface area contributed by atoms with E-state index in [0.29, 0.717) is 0 Å². The molecule has 0 bridgehead atoms. The number of benzene rings is 2. The van der Waals surface area contributed by atoms with E-state index in [2.05, 4.69) is 10.4 Å². The van der Waals surface area contributed by atoms with Crippen molar-refractivity contribution in [2.45, 2.75) is 37.8 Å². The molecule has 2 heterocycles. The average molecular weight is 397 g/mol. The maximum atomic E-state index is 10.4. The van der Waals surface area contributed by atoms with E-state index in [1.54, 1.807) is 11.3 Å². The molecule has 1 saturated heterocycles. The summed E-state index contributed by atoms with van der Waals surface area (Å²) in [7, 11) is 0. The Morgan fingerprint density at radius 1 is 1.07 bits per heavy atom. The van der Waals surface area contributed by atoms with E-state index in [4.69, 9.17) is 4.74 Å². The van der Waals surface area contributed by atoms with Gasteiger partial charge in [-0.25, -0.2) is 4.98 Å². The minimum Gasteiger partial charge on any atom is -0.394 e. The Morgan fingerprint density at radius 2 is 1.82 bits per heavy atom. The van der Waals surface area contributed by atoms with Gasteiger partial charge in [0.25, 0.3) is 0 Å². The number of hydrogen-bond donors (Lipinski definition) is 3. The fourth-order valence-corrected chi connectivity index (χ4v) is 4.19. The molecule has 0 amide bonds. The number of aromatic nitrogens is 1. The van der Waals surface area contributed by atoms with Crippen LogP contribution in [0.3, 0.4) is 0 Å². The zero-order valence-corrected chi connectivity index (χ0v) is 16.3. The quantitative estimate of drug-likeness (QED) is 0.629. The molecule has 6 heteroatoms. The molecule has 4 rings (SSSR count). The predicted molar refractivity (Wildman–Crippen MR) is 109 cm³/mol. The second-order valence-corrected chi connectivity index (χ2v) is 8.17. The molecular weight excluding hydrogens is 374 g/mol. The van der Waals surface area contributed by atoms with Crippen molar-refractivity contribution in [1.82, 2.24) is 4.98 Å². The molecule has 3 aromatic rings. The maximum absolute atomic E-state index is 10.4. The second-order valence-electron chi connectivity index (χ2n) is 7.11. The van der Waals surface area contributed by atoms with Crippen LogP contribution in [-0.2, 0) is 4.74 Å². The standard InChI is InChI=1S/C22H23NO4S/c1-13-23-19(12-28-13)15-7-5-14(6-8-15)16-3-2-4-17(9-16)22-21(26)20(25)10-18(11-24)27-22/h2-9,12,18,20-22,24-26H,10-11H2,1H3/t18-,20-,21-,22+/m0/s1. The largest absolute Gasteiger partial charge is 0.394 e. The van der Waals surface area contributed by atoms with E-state index in [1.807, 2.05) is 55.5 Å². The fourth-order valence-electron chi connectivity index (χ4n) is 3.57. The number of aliphatic hydroxyl groups excluding tert-OH is 3. The third-order valence-corrected chi connectivity index (χ3v) is 5.87. The van der Waals surface area contributed by atoms with E-state index < -0.39 is 24.4 Å². The summed E-state index contributed by atoms with van der Waals surface area (Å²) in [4.78, 5) is 4.52. The Hall–Kier alpha value is -2.09. The van der Waals surface area contributed by atoms with Crippen LogP contribution in [0.5, 0.6) is 0 Å². The molecule has 0 aliphatic carbocycles. The lowest BCUT2D eigenvalue weighted by Gasteiger charge is -2.37. The molecule has 0 unspecified atom stereocenters. The maximum Gasteiger partial charge on any atom is 0.111 e. The van der Waals surface area contributed by atoms with E-state index >= 15 is 0 Å². The van der Waals surface area contributed by atoms with Crippen LogP contribution >= 0.6 is 11.3 Å². The van der Waals surface area contributed by atoms with Crippen LogP contribution in [0.4, 0.5) is 0 Å². The molecule has 5 nitrogen and oxygen atoms in total. The summed E-state index contributed by atoms with van der Waals surface area (Å²) in [6.07, 6.45) is -2.86. The summed E-state index contributed by atoms with van der Waals surface area (Å²) in [5, 5.41) is 32.9. The predicted octanol–water partition coefficient (Wildman–Crippen LogP) is 3.33. The van der Waals surface area contributed by atoms with Crippen molar-refractivity contribution in [3.8, 4) is 22.4 Å². The Morgan fingerprint density at radius 3 is 2.50 bits per heavy atom. The molecule has 28 heavy (non-hydrogen) atoms. The average Bonchev–Trinajstić information content (AvgIpc) is 3.16. The van der Waals surface area contributed by atoms with Crippen molar-refractivity contribution in [3.63, 3.8) is 0 Å². The van der Waals surface area contributed by atoms with E-state index in [-0.39, 0.29) is 13.0 Å². The first-order valence-electron chi connectivity index (χ1n) is 9.30. The minimum absolute atomic E-state index is 0.183. The molecule has 2 aromatic carbocycles. The number of aryl methyl sites for hydroxylation is 1. The van der Waals surface area contributed by atoms with Gasteiger partial charge < -0.3 is 20.1 Å². The van der Waals surface area contributed by atoms with Crippen LogP contribution < -0.4 is 0 Å². The topological polar surface area (TPSA) is 82.8 Å². The van der Waals surface area contributed by atoms with Crippen LogP contribution in [0.15, 0.2) is 53.9 Å². The minimum atomic E-state index is -1.02. The highest BCUT2D eigenvalue weighted by Gasteiger charge is 2.37. The molecule has 146 valence electrons. The number of nitrogens with zero attached hydrogens (tertiary/aromatic N) is 1. The van der Waals surface area contributed by atoms with Gasteiger partial charge in [-0.15, -0.1) is 11.3 Å². The first kappa shape index (κ1) is 19.2. The Bertz CT molecular complexity index is 940. The zero-order valence-electron chi connectivity index (χ0n) is 15.5. The molecule has 1 fully saturated rings. The van der Waals surface area contributed by atoms with Crippen molar-refractivity contribution in [3.05, 3.63) is 64.5 Å². The number of hydrogen-bond acceptors (Lipinski definition) is 6. The van der Waals surface area contributed by atoms with Gasteiger partial charge in [0.05, 0.1) is 29.5 Å². The van der Waals surface area contributed by atoms with Crippen molar-refractivity contribution in [2.24, 2.45) is 0 Å². The van der Waals surface area contributed by atoms with Gasteiger partial charge in [-0.05, 0) is 29.7 Å². The molecule has 4 atom stereocenters. The molecule has 0 spiro atoms. The van der Waals surface area contributed by atoms with Crippen molar-refractivity contribution in [2.75, 3.05) is 6.61 Å². The third-order valence-electron chi connectivity index (χ3n) is 5.10. The van der Waals surface area contributed by atoms with Gasteiger partial charge in [-0.2, -0.15) is 0 Å². The first-order chi connectivity index (χ1) is 13.5. The third kappa shape index (κ3) is 3.87. The highest BCUT2D eigenvalue weighted by atomic mass is 32.1. The number of ether oxygens (including phenoxy) is 1. The Balaban J connectivity index is 1.60. The van der Waals surface area contributed by atoms with Gasteiger partial charge in [0.1, 0.15) is 12.2 Å². The van der Waals surface area contributed by atoms with Gasteiger partial charge in [-0.1, -0.05) is 42.5 Å². The van der Waals surface area contributed by atoms with Crippen molar-refractivity contribution >= 4 is 11.3 Å². The molecule has 0 radical (unpaired) electrons. The smallest absolute Gasteiger partial charge is 0.111 e. The summed E-state index contributed by atoms with van der Waals surface area (Å²) >= 11 is 1.63. The molecule has 1 aliphatic rings. The van der Waals surface area contributed by atoms with Crippen molar-refractivity contribution < 1.29 is 20.1 Å². The van der Waals surface area contributed by atoms with Gasteiger partial charge in [0, 0.05) is 17.4 Å². The SMILES string of the molecule is Cc1nc(-c2ccc(-c3cccc([C@H]4O[C@H](CO)C[C@H](O)[C@@H]4O)c3)cc2)cs1. The first-order valence-corrected chi connectivity index (χ1v) is 10.2. The Kier molecular flexibility index (Phi) is 5.57. The lowest BCUT2D eigenvalue weighted by molar-refractivity contribution is -0.179. The number of rotatable bonds is 4. The van der Waals surface area contributed by atoms with Gasteiger partial charge in [0.2, 0.25) is 0 Å².